The van der Waals surface area contributed by atoms with Gasteiger partial charge in [0.05, 0.1) is 11.5 Å². The number of esters is 1. The fourth-order valence-electron chi connectivity index (χ4n) is 3.89. The molecule has 3 aromatic carbocycles. The monoisotopic (exact) mass is 419 g/mol. The topological polar surface area (TPSA) is 97.1 Å². The van der Waals surface area contributed by atoms with Crippen LogP contribution in [0.15, 0.2) is 60.7 Å². The number of hydrogen-bond donors (Lipinski definition) is 0. The fraction of sp³-hybridized carbons (Fsp3) is 0.174. The molecule has 3 aromatic rings. The molecule has 0 N–H and O–H groups in total. The van der Waals surface area contributed by atoms with E-state index < -0.39 is 16.8 Å². The van der Waals surface area contributed by atoms with Gasteiger partial charge in [-0.3, -0.25) is 14.9 Å². The summed E-state index contributed by atoms with van der Waals surface area (Å²) in [5.74, 6) is 0.501. The van der Waals surface area contributed by atoms with E-state index in [0.29, 0.717) is 39.5 Å². The Morgan fingerprint density at radius 2 is 1.74 bits per heavy atom. The molecule has 31 heavy (non-hydrogen) atoms. The molecule has 0 aromatic heterocycles. The van der Waals surface area contributed by atoms with Crippen LogP contribution in [0.4, 0.5) is 5.69 Å². The first kappa shape index (κ1) is 19.1. The van der Waals surface area contributed by atoms with Crippen molar-refractivity contribution in [1.29, 1.82) is 0 Å². The van der Waals surface area contributed by atoms with E-state index in [1.54, 1.807) is 12.1 Å². The Bertz CT molecular complexity index is 1140. The molecular formula is C23H17NO7. The molecule has 0 amide bonds. The molecule has 0 radical (unpaired) electrons. The van der Waals surface area contributed by atoms with E-state index in [4.69, 9.17) is 18.9 Å². The second kappa shape index (κ2) is 7.73. The number of non-ortho nitro benzene ring substituents is 1. The SMILES string of the molecule is O=C(OCc1cc([N+](=O)[O-])cc2c1OCOC2)C1c2ccccc2Oc2ccccc21. The highest BCUT2D eigenvalue weighted by molar-refractivity contribution is 5.85. The highest BCUT2D eigenvalue weighted by Crippen LogP contribution is 2.44. The smallest absolute Gasteiger partial charge is 0.318 e. The van der Waals surface area contributed by atoms with E-state index in [0.717, 1.165) is 0 Å². The number of nitro groups is 1. The lowest BCUT2D eigenvalue weighted by Crippen LogP contribution is -2.21. The Kier molecular flexibility index (Phi) is 4.76. The Morgan fingerprint density at radius 1 is 1.06 bits per heavy atom. The molecule has 8 heteroatoms. The zero-order chi connectivity index (χ0) is 21.4. The number of hydrogen-bond acceptors (Lipinski definition) is 7. The number of para-hydroxylation sites is 2. The van der Waals surface area contributed by atoms with Gasteiger partial charge in [0.1, 0.15) is 29.8 Å². The number of fused-ring (bicyclic) bond motifs is 3. The van der Waals surface area contributed by atoms with E-state index in [1.807, 2.05) is 36.4 Å². The molecular weight excluding hydrogens is 402 g/mol. The van der Waals surface area contributed by atoms with Gasteiger partial charge in [0.2, 0.25) is 0 Å². The van der Waals surface area contributed by atoms with Crippen LogP contribution in [0.2, 0.25) is 0 Å². The summed E-state index contributed by atoms with van der Waals surface area (Å²) >= 11 is 0. The summed E-state index contributed by atoms with van der Waals surface area (Å²) in [4.78, 5) is 24.0. The van der Waals surface area contributed by atoms with E-state index >= 15 is 0 Å². The van der Waals surface area contributed by atoms with E-state index in [-0.39, 0.29) is 25.7 Å². The Labute approximate surface area is 177 Å². The molecule has 8 nitrogen and oxygen atoms in total. The quantitative estimate of drug-likeness (QED) is 0.350. The standard InChI is InChI=1S/C23H17NO7/c25-23(21-17-5-1-3-7-19(17)31-20-8-4-2-6-18(20)21)29-12-15-10-16(24(26)27)9-14-11-28-13-30-22(14)15/h1-10,21H,11-13H2. The highest BCUT2D eigenvalue weighted by atomic mass is 16.7. The molecule has 2 aliphatic heterocycles. The third-order valence-corrected chi connectivity index (χ3v) is 5.27. The fourth-order valence-corrected chi connectivity index (χ4v) is 3.89. The molecule has 0 aliphatic carbocycles. The van der Waals surface area contributed by atoms with Crippen LogP contribution in [0.25, 0.3) is 0 Å². The van der Waals surface area contributed by atoms with Crippen LogP contribution in [0, 0.1) is 10.1 Å². The molecule has 5 rings (SSSR count). The Balaban J connectivity index is 1.46. The van der Waals surface area contributed by atoms with Gasteiger partial charge in [0, 0.05) is 34.4 Å². The second-order valence-electron chi connectivity index (χ2n) is 7.18. The Morgan fingerprint density at radius 3 is 2.42 bits per heavy atom. The van der Waals surface area contributed by atoms with E-state index in [9.17, 15) is 14.9 Å². The summed E-state index contributed by atoms with van der Waals surface area (Å²) in [5.41, 5.74) is 2.28. The van der Waals surface area contributed by atoms with Crippen LogP contribution in [0.3, 0.4) is 0 Å². The highest BCUT2D eigenvalue weighted by Gasteiger charge is 2.34. The third-order valence-electron chi connectivity index (χ3n) is 5.27. The van der Waals surface area contributed by atoms with Gasteiger partial charge in [-0.25, -0.2) is 0 Å². The predicted molar refractivity (Wildman–Crippen MR) is 108 cm³/mol. The van der Waals surface area contributed by atoms with E-state index in [1.165, 1.54) is 12.1 Å². The van der Waals surface area contributed by atoms with Crippen molar-refractivity contribution in [3.8, 4) is 17.2 Å². The average Bonchev–Trinajstić information content (AvgIpc) is 2.80. The van der Waals surface area contributed by atoms with Crippen LogP contribution in [-0.4, -0.2) is 17.7 Å². The predicted octanol–water partition coefficient (Wildman–Crippen LogP) is 4.44. The van der Waals surface area contributed by atoms with Crippen LogP contribution >= 0.6 is 0 Å². The van der Waals surface area contributed by atoms with Crippen LogP contribution in [0.5, 0.6) is 17.2 Å². The zero-order valence-electron chi connectivity index (χ0n) is 16.3. The number of nitrogens with zero attached hydrogens (tertiary/aromatic N) is 1. The van der Waals surface area contributed by atoms with Gasteiger partial charge in [0.25, 0.3) is 5.69 Å². The van der Waals surface area contributed by atoms with Crippen molar-refractivity contribution in [3.05, 3.63) is 93.0 Å². The molecule has 2 heterocycles. The molecule has 0 fully saturated rings. The molecule has 0 bridgehead atoms. The first-order valence-electron chi connectivity index (χ1n) is 9.65. The van der Waals surface area contributed by atoms with Crippen molar-refractivity contribution >= 4 is 11.7 Å². The maximum absolute atomic E-state index is 13.2. The van der Waals surface area contributed by atoms with Crippen LogP contribution < -0.4 is 9.47 Å². The van der Waals surface area contributed by atoms with Gasteiger partial charge in [-0.15, -0.1) is 0 Å². The number of carbonyl (C=O) groups is 1. The Hall–Kier alpha value is -3.91. The summed E-state index contributed by atoms with van der Waals surface area (Å²) in [5, 5.41) is 11.3. The lowest BCUT2D eigenvalue weighted by Gasteiger charge is -2.27. The summed E-state index contributed by atoms with van der Waals surface area (Å²) in [6.07, 6.45) is 0. The lowest BCUT2D eigenvalue weighted by molar-refractivity contribution is -0.385. The van der Waals surface area contributed by atoms with Gasteiger partial charge in [0.15, 0.2) is 6.79 Å². The maximum Gasteiger partial charge on any atom is 0.318 e. The third kappa shape index (κ3) is 3.47. The maximum atomic E-state index is 13.2. The van der Waals surface area contributed by atoms with E-state index in [2.05, 4.69) is 0 Å². The van der Waals surface area contributed by atoms with Gasteiger partial charge >= 0.3 is 5.97 Å². The largest absolute Gasteiger partial charge is 0.467 e. The number of rotatable bonds is 4. The summed E-state index contributed by atoms with van der Waals surface area (Å²) in [6, 6.07) is 17.4. The number of benzene rings is 3. The number of nitro benzene ring substituents is 1. The van der Waals surface area contributed by atoms with Crippen molar-refractivity contribution in [3.63, 3.8) is 0 Å². The molecule has 0 spiro atoms. The van der Waals surface area contributed by atoms with Crippen molar-refractivity contribution < 1.29 is 28.7 Å². The summed E-state index contributed by atoms with van der Waals surface area (Å²) in [6.45, 7) is 0.0652. The second-order valence-corrected chi connectivity index (χ2v) is 7.18. The van der Waals surface area contributed by atoms with Crippen LogP contribution in [0.1, 0.15) is 28.2 Å². The average molecular weight is 419 g/mol. The molecule has 2 aliphatic rings. The van der Waals surface area contributed by atoms with Gasteiger partial charge in [-0.1, -0.05) is 36.4 Å². The van der Waals surface area contributed by atoms with Gasteiger partial charge in [-0.05, 0) is 12.1 Å². The van der Waals surface area contributed by atoms with Gasteiger partial charge in [-0.2, -0.15) is 0 Å². The summed E-state index contributed by atoms with van der Waals surface area (Å²) in [7, 11) is 0. The van der Waals surface area contributed by atoms with Crippen molar-refractivity contribution in [2.24, 2.45) is 0 Å². The normalized spacial score (nSPS) is 14.3. The molecule has 156 valence electrons. The minimum absolute atomic E-state index is 0.0342. The lowest BCUT2D eigenvalue weighted by atomic mass is 9.88. The minimum Gasteiger partial charge on any atom is -0.467 e. The van der Waals surface area contributed by atoms with Crippen molar-refractivity contribution in [2.75, 3.05) is 6.79 Å². The number of ether oxygens (including phenoxy) is 4. The summed E-state index contributed by atoms with van der Waals surface area (Å²) < 4.78 is 22.3. The molecule has 0 saturated heterocycles. The molecule has 0 saturated carbocycles. The zero-order valence-corrected chi connectivity index (χ0v) is 16.3. The minimum atomic E-state index is -0.667. The van der Waals surface area contributed by atoms with Crippen molar-refractivity contribution in [2.45, 2.75) is 19.1 Å². The van der Waals surface area contributed by atoms with Gasteiger partial charge < -0.3 is 18.9 Å². The molecule has 0 unspecified atom stereocenters. The first-order valence-corrected chi connectivity index (χ1v) is 9.65. The van der Waals surface area contributed by atoms with Crippen molar-refractivity contribution in [1.82, 2.24) is 0 Å². The number of carbonyl (C=O) groups excluding carboxylic acids is 1. The first-order chi connectivity index (χ1) is 15.1. The van der Waals surface area contributed by atoms with Crippen LogP contribution in [-0.2, 0) is 27.5 Å². The molecule has 0 atom stereocenters.